The van der Waals surface area contributed by atoms with Crippen LogP contribution >= 0.6 is 11.8 Å². The molecule has 0 bridgehead atoms. The molecule has 1 heterocycles. The average molecular weight is 258 g/mol. The zero-order valence-corrected chi connectivity index (χ0v) is 11.2. The molecule has 1 saturated heterocycles. The summed E-state index contributed by atoms with van der Waals surface area (Å²) >= 11 is 1.87. The Bertz CT molecular complexity index is 257. The Hall–Kier alpha value is -0.260. The summed E-state index contributed by atoms with van der Waals surface area (Å²) in [6.45, 7) is 2.41. The summed E-state index contributed by atoms with van der Waals surface area (Å²) in [5, 5.41) is 7.01. The van der Waals surface area contributed by atoms with Gasteiger partial charge in [-0.05, 0) is 19.1 Å². The van der Waals surface area contributed by atoms with Crippen molar-refractivity contribution in [3.05, 3.63) is 0 Å². The molecular weight excluding hydrogens is 236 g/mol. The van der Waals surface area contributed by atoms with Crippen LogP contribution in [0.4, 0.5) is 0 Å². The van der Waals surface area contributed by atoms with E-state index in [1.807, 2.05) is 11.8 Å². The highest BCUT2D eigenvalue weighted by Crippen LogP contribution is 2.28. The number of amides is 1. The fourth-order valence-electron chi connectivity index (χ4n) is 2.60. The first-order chi connectivity index (χ1) is 8.29. The number of carbonyl (C=O) groups is 1. The quantitative estimate of drug-likeness (QED) is 0.782. The second-order valence-corrected chi connectivity index (χ2v) is 5.86. The lowest BCUT2D eigenvalue weighted by molar-refractivity contribution is -0.125. The van der Waals surface area contributed by atoms with Gasteiger partial charge in [0.15, 0.2) is 0 Å². The predicted octanol–water partition coefficient (Wildman–Crippen LogP) is 0.765. The lowest BCUT2D eigenvalue weighted by Crippen LogP contribution is -2.44. The van der Waals surface area contributed by atoms with Crippen LogP contribution in [0.3, 0.4) is 0 Å². The third-order valence-corrected chi connectivity index (χ3v) is 4.69. The van der Waals surface area contributed by atoms with Crippen molar-refractivity contribution in [2.24, 2.45) is 0 Å². The molecule has 0 spiro atoms. The Morgan fingerprint density at radius 1 is 1.53 bits per heavy atom. The molecule has 2 rings (SSSR count). The monoisotopic (exact) mass is 258 g/mol. The van der Waals surface area contributed by atoms with Crippen LogP contribution in [0.1, 0.15) is 25.7 Å². The largest absolute Gasteiger partial charge is 0.375 e. The van der Waals surface area contributed by atoms with E-state index in [1.54, 1.807) is 0 Å². The van der Waals surface area contributed by atoms with Gasteiger partial charge in [0, 0.05) is 24.4 Å². The molecule has 1 aliphatic carbocycles. The van der Waals surface area contributed by atoms with Crippen LogP contribution in [0.2, 0.25) is 0 Å². The molecule has 3 unspecified atom stereocenters. The Labute approximate surface area is 107 Å². The molecule has 1 aliphatic heterocycles. The number of nitrogens with one attached hydrogen (secondary N) is 2. The molecule has 0 aromatic carbocycles. The van der Waals surface area contributed by atoms with Crippen LogP contribution in [0.15, 0.2) is 0 Å². The zero-order valence-electron chi connectivity index (χ0n) is 10.4. The molecular formula is C12H22N2O2S. The van der Waals surface area contributed by atoms with E-state index < -0.39 is 0 Å². The van der Waals surface area contributed by atoms with Crippen molar-refractivity contribution >= 4 is 17.7 Å². The minimum Gasteiger partial charge on any atom is -0.375 e. The summed E-state index contributed by atoms with van der Waals surface area (Å²) in [5.74, 6) is 0.143. The first-order valence-corrected chi connectivity index (χ1v) is 7.73. The van der Waals surface area contributed by atoms with E-state index in [4.69, 9.17) is 4.74 Å². The summed E-state index contributed by atoms with van der Waals surface area (Å²) in [6, 6.07) is 0.369. The van der Waals surface area contributed by atoms with Crippen LogP contribution in [0.5, 0.6) is 0 Å². The van der Waals surface area contributed by atoms with Gasteiger partial charge in [-0.3, -0.25) is 4.79 Å². The smallest absolute Gasteiger partial charge is 0.222 e. The van der Waals surface area contributed by atoms with E-state index in [-0.39, 0.29) is 12.0 Å². The molecule has 2 N–H and O–H groups in total. The SMILES string of the molecule is CSC1CCCC1NC(=O)CC1CNCCO1. The van der Waals surface area contributed by atoms with Crippen molar-refractivity contribution in [2.75, 3.05) is 26.0 Å². The van der Waals surface area contributed by atoms with E-state index in [2.05, 4.69) is 16.9 Å². The first kappa shape index (κ1) is 13.2. The van der Waals surface area contributed by atoms with Crippen LogP contribution in [0, 0.1) is 0 Å². The lowest BCUT2D eigenvalue weighted by Gasteiger charge is -2.25. The summed E-state index contributed by atoms with van der Waals surface area (Å²) in [5.41, 5.74) is 0. The Kier molecular flexibility index (Phi) is 5.13. The lowest BCUT2D eigenvalue weighted by atomic mass is 10.2. The molecule has 2 fully saturated rings. The van der Waals surface area contributed by atoms with E-state index in [9.17, 15) is 4.79 Å². The molecule has 0 aromatic heterocycles. The van der Waals surface area contributed by atoms with Crippen LogP contribution in [-0.2, 0) is 9.53 Å². The Balaban J connectivity index is 1.72. The first-order valence-electron chi connectivity index (χ1n) is 6.44. The molecule has 1 amide bonds. The highest BCUT2D eigenvalue weighted by molar-refractivity contribution is 7.99. The van der Waals surface area contributed by atoms with Crippen molar-refractivity contribution in [2.45, 2.75) is 43.1 Å². The van der Waals surface area contributed by atoms with Crippen molar-refractivity contribution < 1.29 is 9.53 Å². The second-order valence-electron chi connectivity index (χ2n) is 4.78. The van der Waals surface area contributed by atoms with E-state index in [1.165, 1.54) is 12.8 Å². The second kappa shape index (κ2) is 6.61. The third kappa shape index (κ3) is 3.86. The fourth-order valence-corrected chi connectivity index (χ4v) is 3.53. The van der Waals surface area contributed by atoms with E-state index >= 15 is 0 Å². The van der Waals surface area contributed by atoms with Crippen LogP contribution < -0.4 is 10.6 Å². The standard InChI is InChI=1S/C12H22N2O2S/c1-17-11-4-2-3-10(11)14-12(15)7-9-8-13-5-6-16-9/h9-11,13H,2-8H2,1H3,(H,14,15). The van der Waals surface area contributed by atoms with Crippen molar-refractivity contribution in [3.8, 4) is 0 Å². The summed E-state index contributed by atoms with van der Waals surface area (Å²) in [4.78, 5) is 11.9. The van der Waals surface area contributed by atoms with Gasteiger partial charge in [0.2, 0.25) is 5.91 Å². The zero-order chi connectivity index (χ0) is 12.1. The average Bonchev–Trinajstić information content (AvgIpc) is 2.77. The van der Waals surface area contributed by atoms with Gasteiger partial charge >= 0.3 is 0 Å². The van der Waals surface area contributed by atoms with Crippen molar-refractivity contribution in [3.63, 3.8) is 0 Å². The molecule has 0 radical (unpaired) electrons. The molecule has 2 aliphatic rings. The highest BCUT2D eigenvalue weighted by Gasteiger charge is 2.28. The molecule has 98 valence electrons. The van der Waals surface area contributed by atoms with Gasteiger partial charge in [0.25, 0.3) is 0 Å². The third-order valence-electron chi connectivity index (χ3n) is 3.52. The molecule has 1 saturated carbocycles. The molecule has 17 heavy (non-hydrogen) atoms. The van der Waals surface area contributed by atoms with E-state index in [0.717, 1.165) is 26.1 Å². The topological polar surface area (TPSA) is 50.4 Å². The molecule has 5 heteroatoms. The number of hydrogen-bond acceptors (Lipinski definition) is 4. The number of carbonyl (C=O) groups excluding carboxylic acids is 1. The van der Waals surface area contributed by atoms with E-state index in [0.29, 0.717) is 17.7 Å². The van der Waals surface area contributed by atoms with Gasteiger partial charge in [-0.2, -0.15) is 11.8 Å². The molecule has 3 atom stereocenters. The number of morpholine rings is 1. The number of ether oxygens (including phenoxy) is 1. The van der Waals surface area contributed by atoms with Gasteiger partial charge in [-0.15, -0.1) is 0 Å². The Morgan fingerprint density at radius 3 is 3.12 bits per heavy atom. The van der Waals surface area contributed by atoms with Gasteiger partial charge in [0.1, 0.15) is 0 Å². The highest BCUT2D eigenvalue weighted by atomic mass is 32.2. The predicted molar refractivity (Wildman–Crippen MR) is 70.3 cm³/mol. The summed E-state index contributed by atoms with van der Waals surface area (Å²) in [6.07, 6.45) is 6.26. The minimum absolute atomic E-state index is 0.0536. The molecule has 4 nitrogen and oxygen atoms in total. The summed E-state index contributed by atoms with van der Waals surface area (Å²) in [7, 11) is 0. The number of thioether (sulfide) groups is 1. The molecule has 0 aromatic rings. The van der Waals surface area contributed by atoms with Crippen molar-refractivity contribution in [1.29, 1.82) is 0 Å². The normalized spacial score (nSPS) is 33.6. The maximum Gasteiger partial charge on any atom is 0.222 e. The van der Waals surface area contributed by atoms with Crippen LogP contribution in [-0.4, -0.2) is 49.3 Å². The van der Waals surface area contributed by atoms with Gasteiger partial charge in [-0.1, -0.05) is 6.42 Å². The number of rotatable bonds is 4. The maximum absolute atomic E-state index is 11.9. The Morgan fingerprint density at radius 2 is 2.41 bits per heavy atom. The number of hydrogen-bond donors (Lipinski definition) is 2. The van der Waals surface area contributed by atoms with Gasteiger partial charge in [-0.25, -0.2) is 0 Å². The van der Waals surface area contributed by atoms with Gasteiger partial charge < -0.3 is 15.4 Å². The maximum atomic E-state index is 11.9. The minimum atomic E-state index is 0.0536. The van der Waals surface area contributed by atoms with Crippen LogP contribution in [0.25, 0.3) is 0 Å². The fraction of sp³-hybridized carbons (Fsp3) is 0.917. The van der Waals surface area contributed by atoms with Gasteiger partial charge in [0.05, 0.1) is 19.1 Å². The van der Waals surface area contributed by atoms with Crippen molar-refractivity contribution in [1.82, 2.24) is 10.6 Å². The summed E-state index contributed by atoms with van der Waals surface area (Å²) < 4.78 is 5.54.